The first-order chi connectivity index (χ1) is 21.0. The Morgan fingerprint density at radius 2 is 1.50 bits per heavy atom. The molecule has 0 spiro atoms. The molecule has 0 N–H and O–H groups in total. The average Bonchev–Trinajstić information content (AvgIpc) is 2.99. The van der Waals surface area contributed by atoms with Gasteiger partial charge in [-0.3, -0.25) is 0 Å². The fraction of sp³-hybridized carbons (Fsp3) is 0.233. The molecule has 2 aromatic carbocycles. The van der Waals surface area contributed by atoms with E-state index in [1.165, 1.54) is 18.2 Å². The number of ether oxygens (including phenoxy) is 2. The smallest absolute Gasteiger partial charge is 0.416 e. The molecule has 0 atom stereocenters. The number of benzene rings is 2. The first-order valence-corrected chi connectivity index (χ1v) is 13.4. The van der Waals surface area contributed by atoms with Gasteiger partial charge in [-0.05, 0) is 24.2 Å². The molecule has 0 radical (unpaired) electrons. The van der Waals surface area contributed by atoms with Gasteiger partial charge in [-0.1, -0.05) is 19.1 Å². The number of carbonyl (C=O) groups is 2. The van der Waals surface area contributed by atoms with Gasteiger partial charge in [0.1, 0.15) is 0 Å². The number of aromatic nitrogens is 1. The number of carbonyl (C=O) groups excluding carboxylic acids is 2. The molecule has 2 bridgehead atoms. The third-order valence-electron chi connectivity index (χ3n) is 7.21. The number of esters is 2. The van der Waals surface area contributed by atoms with Crippen molar-refractivity contribution in [2.24, 2.45) is 0 Å². The van der Waals surface area contributed by atoms with Crippen molar-refractivity contribution in [1.29, 1.82) is 0 Å². The van der Waals surface area contributed by atoms with Crippen LogP contribution in [-0.4, -0.2) is 54.5 Å². The van der Waals surface area contributed by atoms with Gasteiger partial charge in [-0.2, -0.15) is 13.2 Å². The zero-order chi connectivity index (χ0) is 31.2. The maximum atomic E-state index is 13.9. The quantitative estimate of drug-likeness (QED) is 0.246. The van der Waals surface area contributed by atoms with E-state index < -0.39 is 46.3 Å². The van der Waals surface area contributed by atoms with Crippen molar-refractivity contribution in [3.05, 3.63) is 81.0 Å². The van der Waals surface area contributed by atoms with E-state index in [9.17, 15) is 32.3 Å². The normalized spacial score (nSPS) is 16.6. The molecule has 226 valence electrons. The van der Waals surface area contributed by atoms with E-state index in [1.54, 1.807) is 0 Å². The minimum absolute atomic E-state index is 0.00960. The minimum Gasteiger partial charge on any atom is -0.419 e. The SMILES string of the molecule is CCN1CCN(c2nc3cc4c(c5oc(=O)ccc(=O)oc2c(-c2cccc(C(F)(F)F)c2)c35)OC(=O)/C=C\C(=O)O4)CC1. The van der Waals surface area contributed by atoms with E-state index in [2.05, 4.69) is 4.90 Å². The van der Waals surface area contributed by atoms with Crippen LogP contribution in [0.25, 0.3) is 33.2 Å². The summed E-state index contributed by atoms with van der Waals surface area (Å²) in [6.45, 7) is 4.90. The summed E-state index contributed by atoms with van der Waals surface area (Å²) in [5.74, 6) is -2.68. The van der Waals surface area contributed by atoms with Crippen molar-refractivity contribution >= 4 is 39.8 Å². The molecule has 11 nitrogen and oxygen atoms in total. The van der Waals surface area contributed by atoms with E-state index >= 15 is 0 Å². The second kappa shape index (κ2) is 11.1. The van der Waals surface area contributed by atoms with E-state index in [0.717, 1.165) is 43.0 Å². The first kappa shape index (κ1) is 28.9. The molecule has 6 rings (SSSR count). The Bertz CT molecular complexity index is 2010. The van der Waals surface area contributed by atoms with Crippen LogP contribution in [0.2, 0.25) is 0 Å². The molecule has 0 amide bonds. The maximum Gasteiger partial charge on any atom is 0.416 e. The molecule has 0 saturated carbocycles. The highest BCUT2D eigenvalue weighted by Gasteiger charge is 2.33. The van der Waals surface area contributed by atoms with Gasteiger partial charge in [0, 0.05) is 62.1 Å². The summed E-state index contributed by atoms with van der Waals surface area (Å²) < 4.78 is 63.7. The summed E-state index contributed by atoms with van der Waals surface area (Å²) in [5.41, 5.74) is -3.99. The standard InChI is InChI=1S/C30H22F3N3O8/c1-2-35-10-12-36(13-11-35)29-28-24(16-4-3-5-17(14-16)30(31,32)33)25-18(34-29)15-19-26(42-21(38)7-6-20(37)41-19)27(25)43-22(39)8-9-23(40)44-28/h3-9,14-15H,2,10-13H2,1H3/b7-6-,9-8?. The molecule has 0 aliphatic carbocycles. The van der Waals surface area contributed by atoms with Gasteiger partial charge < -0.3 is 28.1 Å². The Labute approximate surface area is 245 Å². The predicted molar refractivity (Wildman–Crippen MR) is 150 cm³/mol. The molecule has 44 heavy (non-hydrogen) atoms. The number of pyridine rings is 1. The van der Waals surface area contributed by atoms with Crippen molar-refractivity contribution < 1.29 is 41.1 Å². The highest BCUT2D eigenvalue weighted by molar-refractivity contribution is 6.15. The number of piperazine rings is 1. The minimum atomic E-state index is -4.73. The second-order valence-corrected chi connectivity index (χ2v) is 9.92. The molecule has 0 unspecified atom stereocenters. The lowest BCUT2D eigenvalue weighted by molar-refractivity contribution is -0.137. The number of alkyl halides is 3. The lowest BCUT2D eigenvalue weighted by Crippen LogP contribution is -2.46. The lowest BCUT2D eigenvalue weighted by Gasteiger charge is -2.35. The number of rotatable bonds is 3. The predicted octanol–water partition coefficient (Wildman–Crippen LogP) is 4.06. The molecule has 1 fully saturated rings. The van der Waals surface area contributed by atoms with Crippen LogP contribution < -0.4 is 25.6 Å². The van der Waals surface area contributed by atoms with E-state index in [0.29, 0.717) is 26.2 Å². The molecular formula is C30H22F3N3O8. The van der Waals surface area contributed by atoms with Gasteiger partial charge in [0.05, 0.1) is 16.5 Å². The largest absolute Gasteiger partial charge is 0.419 e. The topological polar surface area (TPSA) is 132 Å². The fourth-order valence-corrected chi connectivity index (χ4v) is 5.13. The van der Waals surface area contributed by atoms with Crippen molar-refractivity contribution in [3.63, 3.8) is 0 Å². The van der Waals surface area contributed by atoms with Gasteiger partial charge >= 0.3 is 29.4 Å². The first-order valence-electron chi connectivity index (χ1n) is 13.4. The van der Waals surface area contributed by atoms with Crippen LogP contribution in [0.3, 0.4) is 0 Å². The van der Waals surface area contributed by atoms with Crippen molar-refractivity contribution in [3.8, 4) is 22.6 Å². The Morgan fingerprint density at radius 1 is 0.841 bits per heavy atom. The Morgan fingerprint density at radius 3 is 2.16 bits per heavy atom. The number of hydrogen-bond acceptors (Lipinski definition) is 11. The van der Waals surface area contributed by atoms with Gasteiger partial charge in [0.15, 0.2) is 22.7 Å². The van der Waals surface area contributed by atoms with Crippen molar-refractivity contribution in [1.82, 2.24) is 9.88 Å². The molecule has 2 aliphatic heterocycles. The van der Waals surface area contributed by atoms with E-state index in [-0.39, 0.29) is 39.2 Å². The maximum absolute atomic E-state index is 13.9. The van der Waals surface area contributed by atoms with Crippen LogP contribution >= 0.6 is 0 Å². The summed E-state index contributed by atoms with van der Waals surface area (Å²) in [4.78, 5) is 59.3. The fourth-order valence-electron chi connectivity index (χ4n) is 5.13. The summed E-state index contributed by atoms with van der Waals surface area (Å²) in [7, 11) is 0. The van der Waals surface area contributed by atoms with Crippen LogP contribution in [0.4, 0.5) is 19.0 Å². The number of hydrogen-bond donors (Lipinski definition) is 0. The summed E-state index contributed by atoms with van der Waals surface area (Å²) >= 11 is 0. The number of nitrogens with zero attached hydrogens (tertiary/aromatic N) is 3. The van der Waals surface area contributed by atoms with E-state index in [1.807, 2.05) is 11.8 Å². The third-order valence-corrected chi connectivity index (χ3v) is 7.21. The van der Waals surface area contributed by atoms with E-state index in [4.69, 9.17) is 23.3 Å². The second-order valence-electron chi connectivity index (χ2n) is 9.92. The van der Waals surface area contributed by atoms with Crippen LogP contribution in [0, 0.1) is 0 Å². The van der Waals surface area contributed by atoms with Gasteiger partial charge in [0.25, 0.3) is 0 Å². The van der Waals surface area contributed by atoms with Gasteiger partial charge in [-0.25, -0.2) is 24.2 Å². The molecule has 14 heteroatoms. The Hall–Kier alpha value is -5.24. The molecule has 4 heterocycles. The molecule has 4 aromatic rings. The van der Waals surface area contributed by atoms with Gasteiger partial charge in [0.2, 0.25) is 5.75 Å². The molecular weight excluding hydrogens is 587 g/mol. The average molecular weight is 610 g/mol. The van der Waals surface area contributed by atoms with Crippen molar-refractivity contribution in [2.75, 3.05) is 37.6 Å². The Balaban J connectivity index is 1.82. The monoisotopic (exact) mass is 609 g/mol. The molecule has 2 aliphatic rings. The summed E-state index contributed by atoms with van der Waals surface area (Å²) in [6, 6.07) is 7.05. The number of anilines is 1. The van der Waals surface area contributed by atoms with Crippen LogP contribution in [0.15, 0.2) is 73.0 Å². The number of likely N-dealkylation sites (N-methyl/N-ethyl adjacent to an activating group) is 1. The van der Waals surface area contributed by atoms with Crippen LogP contribution in [-0.2, 0) is 15.8 Å². The number of fused-ring (bicyclic) bond motifs is 3. The summed E-state index contributed by atoms with van der Waals surface area (Å²) in [6.07, 6.45) is -3.10. The zero-order valence-electron chi connectivity index (χ0n) is 23.0. The third kappa shape index (κ3) is 5.46. The Kier molecular flexibility index (Phi) is 7.29. The summed E-state index contributed by atoms with van der Waals surface area (Å²) in [5, 5.41) is -0.126. The van der Waals surface area contributed by atoms with Crippen LogP contribution in [0.5, 0.6) is 11.5 Å². The zero-order valence-corrected chi connectivity index (χ0v) is 23.0. The van der Waals surface area contributed by atoms with Gasteiger partial charge in [-0.15, -0.1) is 0 Å². The van der Waals surface area contributed by atoms with Crippen LogP contribution in [0.1, 0.15) is 12.5 Å². The number of halogens is 3. The highest BCUT2D eigenvalue weighted by Crippen LogP contribution is 2.46. The lowest BCUT2D eigenvalue weighted by atomic mass is 9.97. The highest BCUT2D eigenvalue weighted by atomic mass is 19.4. The molecule has 1 saturated heterocycles. The van der Waals surface area contributed by atoms with Crippen molar-refractivity contribution in [2.45, 2.75) is 13.1 Å². The molecule has 2 aromatic heterocycles.